The summed E-state index contributed by atoms with van der Waals surface area (Å²) in [4.78, 5) is 6.15. The summed E-state index contributed by atoms with van der Waals surface area (Å²) in [6, 6.07) is 0. The average molecular weight is 227 g/mol. The van der Waals surface area contributed by atoms with Crippen molar-refractivity contribution in [1.29, 1.82) is 0 Å². The first-order chi connectivity index (χ1) is 7.06. The molecule has 0 amide bonds. The first-order valence-corrected chi connectivity index (χ1v) is 6.87. The van der Waals surface area contributed by atoms with Gasteiger partial charge in [0.2, 0.25) is 0 Å². The molecule has 0 aliphatic carbocycles. The molecule has 0 unspecified atom stereocenters. The number of thiazole rings is 1. The third kappa shape index (κ3) is 3.94. The zero-order valence-electron chi connectivity index (χ0n) is 11.2. The number of hydrogen-bond donors (Lipinski definition) is 0. The summed E-state index contributed by atoms with van der Waals surface area (Å²) < 4.78 is 0. The van der Waals surface area contributed by atoms with Gasteiger partial charge in [-0.3, -0.25) is 0 Å². The van der Waals surface area contributed by atoms with E-state index in [0.717, 1.165) is 6.42 Å². The fourth-order valence-corrected chi connectivity index (χ4v) is 2.53. The molecule has 1 heterocycles. The van der Waals surface area contributed by atoms with Gasteiger partial charge in [0.05, 0.1) is 10.7 Å². The maximum absolute atomic E-state index is 4.67. The average Bonchev–Trinajstić information content (AvgIpc) is 2.64. The van der Waals surface area contributed by atoms with Crippen LogP contribution in [0.15, 0.2) is 0 Å². The summed E-state index contributed by atoms with van der Waals surface area (Å²) in [6.45, 7) is 15.1. The SMILES string of the molecule is CC.CCc1nc(C(C)C)c(C(C)C)s1. The Morgan fingerprint density at radius 1 is 1.07 bits per heavy atom. The summed E-state index contributed by atoms with van der Waals surface area (Å²) >= 11 is 1.88. The Bertz CT molecular complexity index is 249. The molecule has 0 saturated carbocycles. The van der Waals surface area contributed by atoms with Gasteiger partial charge in [-0.25, -0.2) is 4.98 Å². The van der Waals surface area contributed by atoms with Gasteiger partial charge in [-0.05, 0) is 18.3 Å². The van der Waals surface area contributed by atoms with E-state index >= 15 is 0 Å². The number of rotatable bonds is 3. The quantitative estimate of drug-likeness (QED) is 0.710. The van der Waals surface area contributed by atoms with E-state index in [-0.39, 0.29) is 0 Å². The van der Waals surface area contributed by atoms with Crippen molar-refractivity contribution in [3.8, 4) is 0 Å². The zero-order chi connectivity index (χ0) is 12.0. The van der Waals surface area contributed by atoms with Crippen molar-refractivity contribution in [2.24, 2.45) is 0 Å². The molecule has 15 heavy (non-hydrogen) atoms. The van der Waals surface area contributed by atoms with Crippen molar-refractivity contribution in [3.63, 3.8) is 0 Å². The van der Waals surface area contributed by atoms with Gasteiger partial charge < -0.3 is 0 Å². The van der Waals surface area contributed by atoms with E-state index in [1.165, 1.54) is 15.6 Å². The Labute approximate surface area is 98.9 Å². The summed E-state index contributed by atoms with van der Waals surface area (Å²) in [5, 5.41) is 1.28. The van der Waals surface area contributed by atoms with Crippen LogP contribution in [0.25, 0.3) is 0 Å². The lowest BCUT2D eigenvalue weighted by atomic mass is 10.0. The summed E-state index contributed by atoms with van der Waals surface area (Å²) in [7, 11) is 0. The van der Waals surface area contributed by atoms with E-state index in [1.807, 2.05) is 25.2 Å². The van der Waals surface area contributed by atoms with Gasteiger partial charge in [0, 0.05) is 4.88 Å². The molecule has 0 radical (unpaired) electrons. The molecule has 0 aromatic carbocycles. The van der Waals surface area contributed by atoms with E-state index in [2.05, 4.69) is 39.6 Å². The predicted octanol–water partition coefficient (Wildman–Crippen LogP) is 4.98. The Morgan fingerprint density at radius 2 is 1.60 bits per heavy atom. The third-order valence-electron chi connectivity index (χ3n) is 2.10. The van der Waals surface area contributed by atoms with Gasteiger partial charge in [-0.2, -0.15) is 0 Å². The van der Waals surface area contributed by atoms with Crippen LogP contribution in [-0.2, 0) is 6.42 Å². The number of aromatic nitrogens is 1. The zero-order valence-corrected chi connectivity index (χ0v) is 12.0. The highest BCUT2D eigenvalue weighted by Gasteiger charge is 2.15. The van der Waals surface area contributed by atoms with Crippen LogP contribution in [0.1, 0.15) is 75.9 Å². The van der Waals surface area contributed by atoms with Crippen LogP contribution in [0.3, 0.4) is 0 Å². The molecule has 0 aliphatic rings. The molecule has 0 bridgehead atoms. The summed E-state index contributed by atoms with van der Waals surface area (Å²) in [6.07, 6.45) is 1.07. The topological polar surface area (TPSA) is 12.9 Å². The van der Waals surface area contributed by atoms with Crippen molar-refractivity contribution in [3.05, 3.63) is 15.6 Å². The molecule has 2 heteroatoms. The van der Waals surface area contributed by atoms with Crippen LogP contribution in [0, 0.1) is 0 Å². The molecule has 0 saturated heterocycles. The molecule has 0 atom stereocenters. The van der Waals surface area contributed by atoms with Gasteiger partial charge in [-0.1, -0.05) is 48.5 Å². The molecular weight excluding hydrogens is 202 g/mol. The Hall–Kier alpha value is -0.370. The fraction of sp³-hybridized carbons (Fsp3) is 0.769. The van der Waals surface area contributed by atoms with Crippen LogP contribution in [0.2, 0.25) is 0 Å². The molecule has 0 spiro atoms. The molecule has 1 aromatic rings. The van der Waals surface area contributed by atoms with E-state index in [4.69, 9.17) is 0 Å². The summed E-state index contributed by atoms with van der Waals surface area (Å²) in [5.74, 6) is 1.18. The van der Waals surface area contributed by atoms with Crippen molar-refractivity contribution in [2.75, 3.05) is 0 Å². The summed E-state index contributed by atoms with van der Waals surface area (Å²) in [5.41, 5.74) is 1.32. The number of aryl methyl sites for hydroxylation is 1. The molecule has 1 aromatic heterocycles. The van der Waals surface area contributed by atoms with Gasteiger partial charge in [0.1, 0.15) is 0 Å². The highest BCUT2D eigenvalue weighted by Crippen LogP contribution is 2.31. The maximum Gasteiger partial charge on any atom is 0.0928 e. The van der Waals surface area contributed by atoms with Crippen molar-refractivity contribution in [2.45, 2.75) is 66.7 Å². The predicted molar refractivity (Wildman–Crippen MR) is 71.0 cm³/mol. The third-order valence-corrected chi connectivity index (χ3v) is 3.62. The second-order valence-electron chi connectivity index (χ2n) is 4.02. The first kappa shape index (κ1) is 14.6. The Morgan fingerprint density at radius 3 is 1.87 bits per heavy atom. The maximum atomic E-state index is 4.67. The van der Waals surface area contributed by atoms with E-state index < -0.39 is 0 Å². The monoisotopic (exact) mass is 227 g/mol. The molecule has 88 valence electrons. The second-order valence-corrected chi connectivity index (χ2v) is 5.14. The Kier molecular flexibility index (Phi) is 6.82. The first-order valence-electron chi connectivity index (χ1n) is 6.05. The van der Waals surface area contributed by atoms with Crippen LogP contribution in [0.5, 0.6) is 0 Å². The van der Waals surface area contributed by atoms with Crippen molar-refractivity contribution < 1.29 is 0 Å². The van der Waals surface area contributed by atoms with Crippen LogP contribution in [0.4, 0.5) is 0 Å². The normalized spacial score (nSPS) is 10.5. The molecule has 0 N–H and O–H groups in total. The lowest BCUT2D eigenvalue weighted by Crippen LogP contribution is -1.95. The van der Waals surface area contributed by atoms with Crippen molar-refractivity contribution >= 4 is 11.3 Å². The van der Waals surface area contributed by atoms with Gasteiger partial charge in [0.15, 0.2) is 0 Å². The smallest absolute Gasteiger partial charge is 0.0928 e. The minimum atomic E-state index is 0.564. The van der Waals surface area contributed by atoms with Crippen LogP contribution >= 0.6 is 11.3 Å². The van der Waals surface area contributed by atoms with Gasteiger partial charge in [0.25, 0.3) is 0 Å². The largest absolute Gasteiger partial charge is 0.246 e. The highest BCUT2D eigenvalue weighted by molar-refractivity contribution is 7.11. The number of nitrogens with zero attached hydrogens (tertiary/aromatic N) is 1. The minimum Gasteiger partial charge on any atom is -0.246 e. The lowest BCUT2D eigenvalue weighted by molar-refractivity contribution is 0.775. The van der Waals surface area contributed by atoms with Gasteiger partial charge >= 0.3 is 0 Å². The van der Waals surface area contributed by atoms with E-state index in [0.29, 0.717) is 11.8 Å². The molecule has 0 aliphatic heterocycles. The Balaban J connectivity index is 0.000000921. The molecule has 1 rings (SSSR count). The van der Waals surface area contributed by atoms with E-state index in [9.17, 15) is 0 Å². The fourth-order valence-electron chi connectivity index (χ4n) is 1.37. The molecule has 0 fully saturated rings. The second kappa shape index (κ2) is 7.00. The highest BCUT2D eigenvalue weighted by atomic mass is 32.1. The molecule has 1 nitrogen and oxygen atoms in total. The standard InChI is InChI=1S/C11H19NS.C2H6/c1-6-9-12-10(7(2)3)11(13-9)8(4)5;1-2/h7-8H,6H2,1-5H3;1-2H3. The lowest BCUT2D eigenvalue weighted by Gasteiger charge is -2.07. The van der Waals surface area contributed by atoms with Crippen LogP contribution in [-0.4, -0.2) is 4.98 Å². The van der Waals surface area contributed by atoms with Crippen molar-refractivity contribution in [1.82, 2.24) is 4.98 Å². The van der Waals surface area contributed by atoms with E-state index in [1.54, 1.807) is 0 Å². The molecular formula is C13H25NS. The van der Waals surface area contributed by atoms with Gasteiger partial charge in [-0.15, -0.1) is 11.3 Å². The number of hydrogen-bond acceptors (Lipinski definition) is 2. The minimum absolute atomic E-state index is 0.564. The van der Waals surface area contributed by atoms with Crippen LogP contribution < -0.4 is 0 Å².